The van der Waals surface area contributed by atoms with Crippen molar-refractivity contribution in [2.24, 2.45) is 17.8 Å². The van der Waals surface area contributed by atoms with Crippen molar-refractivity contribution >= 4 is 29.9 Å². The van der Waals surface area contributed by atoms with E-state index < -0.39 is 34.6 Å². The Morgan fingerprint density at radius 3 is 2.02 bits per heavy atom. The lowest BCUT2D eigenvalue weighted by Crippen LogP contribution is -2.57. The van der Waals surface area contributed by atoms with Crippen LogP contribution in [-0.2, 0) is 20.7 Å². The maximum absolute atomic E-state index is 13.1. The van der Waals surface area contributed by atoms with Gasteiger partial charge in [-0.25, -0.2) is 19.2 Å². The van der Waals surface area contributed by atoms with Gasteiger partial charge in [0.25, 0.3) is 5.91 Å². The number of nitrogens with one attached hydrogen (secondary N) is 3. The lowest BCUT2D eigenvalue weighted by molar-refractivity contribution is -0.149. The summed E-state index contributed by atoms with van der Waals surface area (Å²) >= 11 is 0. The molecule has 2 aromatic rings. The zero-order valence-electron chi connectivity index (χ0n) is 32.5. The number of benzene rings is 1. The fourth-order valence-electron chi connectivity index (χ4n) is 7.08. The normalized spacial score (nSPS) is 21.0. The molecule has 3 N–H and O–H groups in total. The highest BCUT2D eigenvalue weighted by molar-refractivity contribution is 5.89. The summed E-state index contributed by atoms with van der Waals surface area (Å²) in [6, 6.07) is 9.35. The van der Waals surface area contributed by atoms with Crippen LogP contribution in [0.15, 0.2) is 41.3 Å². The molecule has 0 bridgehead atoms. The van der Waals surface area contributed by atoms with Gasteiger partial charge in [-0.3, -0.25) is 19.6 Å². The number of anilines is 1. The third kappa shape index (κ3) is 10.5. The summed E-state index contributed by atoms with van der Waals surface area (Å²) in [5.74, 6) is 1.51. The molecule has 0 unspecified atom stereocenters. The Bertz CT molecular complexity index is 1710. The van der Waals surface area contributed by atoms with Crippen molar-refractivity contribution in [1.82, 2.24) is 34.9 Å². The van der Waals surface area contributed by atoms with Gasteiger partial charge in [-0.05, 0) is 110 Å². The number of fused-ring (bicyclic) bond motifs is 1. The second-order valence-electron chi connectivity index (χ2n) is 17.0. The standard InChI is InChI=1S/C38H56N8O7/c1-24(45-22-28-27(29(28)23-45)21-39-34(50)52-37(5,6)7)20-25-10-12-26(13-11-25)46-15-14-30(41-33(46)49)40-32(48)44-18-16-43(17-19-44)31(47)38(8,9)53-35(51)42-36(2,3)4/h10-15,24,27-29H,16-23H2,1-9H3,(H,39,50)(H,42,51)(H,40,41,48,49)/t24-,28-,29-/m1/s1. The molecular weight excluding hydrogens is 680 g/mol. The average molecular weight is 737 g/mol. The Morgan fingerprint density at radius 2 is 1.45 bits per heavy atom. The molecule has 0 spiro atoms. The van der Waals surface area contributed by atoms with Gasteiger partial charge in [0.2, 0.25) is 0 Å². The maximum atomic E-state index is 13.1. The molecule has 15 nitrogen and oxygen atoms in total. The van der Waals surface area contributed by atoms with E-state index in [2.05, 4.69) is 32.8 Å². The maximum Gasteiger partial charge on any atom is 0.408 e. The first kappa shape index (κ1) is 39.5. The smallest absolute Gasteiger partial charge is 0.408 e. The number of carbonyl (C=O) groups is 4. The summed E-state index contributed by atoms with van der Waals surface area (Å²) in [5.41, 5.74) is -1.07. The Labute approximate surface area is 311 Å². The highest BCUT2D eigenvalue weighted by atomic mass is 16.6. The fourth-order valence-corrected chi connectivity index (χ4v) is 7.08. The van der Waals surface area contributed by atoms with Crippen LogP contribution in [0.3, 0.4) is 0 Å². The average Bonchev–Trinajstić information content (AvgIpc) is 3.49. The van der Waals surface area contributed by atoms with E-state index in [1.54, 1.807) is 35.9 Å². The number of ether oxygens (including phenoxy) is 2. The highest BCUT2D eigenvalue weighted by Crippen LogP contribution is 2.51. The molecular formula is C38H56N8O7. The Kier molecular flexibility index (Phi) is 11.5. The van der Waals surface area contributed by atoms with E-state index in [4.69, 9.17) is 9.47 Å². The van der Waals surface area contributed by atoms with Crippen molar-refractivity contribution in [3.05, 3.63) is 52.6 Å². The third-order valence-corrected chi connectivity index (χ3v) is 9.88. The third-order valence-electron chi connectivity index (χ3n) is 9.88. The van der Waals surface area contributed by atoms with Gasteiger partial charge in [0.05, 0.1) is 5.69 Å². The molecule has 2 saturated heterocycles. The molecule has 1 aromatic carbocycles. The lowest BCUT2D eigenvalue weighted by Gasteiger charge is -2.38. The van der Waals surface area contributed by atoms with E-state index >= 15 is 0 Å². The SMILES string of the molecule is C[C@H](Cc1ccc(-n2ccc(NC(=O)N3CCN(C(=O)C(C)(C)OC(=O)NC(C)(C)C)CC3)nc2=O)cc1)N1C[C@@H]2C(CNC(=O)OC(C)(C)C)[C@H]2C1. The summed E-state index contributed by atoms with van der Waals surface area (Å²) in [4.78, 5) is 73.1. The predicted octanol–water partition coefficient (Wildman–Crippen LogP) is 3.85. The van der Waals surface area contributed by atoms with E-state index in [0.717, 1.165) is 19.5 Å². The Balaban J connectivity index is 1.05. The lowest BCUT2D eigenvalue weighted by atomic mass is 10.0. The quantitative estimate of drug-likeness (QED) is 0.347. The number of alkyl carbamates (subject to hydrolysis) is 2. The van der Waals surface area contributed by atoms with Gasteiger partial charge < -0.3 is 29.9 Å². The molecule has 3 heterocycles. The molecule has 5 rings (SSSR count). The molecule has 3 fully saturated rings. The summed E-state index contributed by atoms with van der Waals surface area (Å²) in [6.07, 6.45) is 1.43. The van der Waals surface area contributed by atoms with Crippen LogP contribution < -0.4 is 21.6 Å². The molecule has 5 amide bonds. The number of amides is 5. The van der Waals surface area contributed by atoms with E-state index in [1.807, 2.05) is 65.8 Å². The Morgan fingerprint density at radius 1 is 0.849 bits per heavy atom. The van der Waals surface area contributed by atoms with Crippen LogP contribution in [0.2, 0.25) is 0 Å². The molecule has 2 aliphatic heterocycles. The highest BCUT2D eigenvalue weighted by Gasteiger charge is 2.55. The topological polar surface area (TPSA) is 167 Å². The number of hydrogen-bond acceptors (Lipinski definition) is 9. The number of carbonyl (C=O) groups excluding carboxylic acids is 4. The van der Waals surface area contributed by atoms with Crippen LogP contribution in [0.4, 0.5) is 20.2 Å². The molecule has 53 heavy (non-hydrogen) atoms. The van der Waals surface area contributed by atoms with Crippen LogP contribution in [0.1, 0.15) is 67.9 Å². The number of piperidine rings is 1. The Hall–Kier alpha value is -4.66. The van der Waals surface area contributed by atoms with Crippen molar-refractivity contribution in [3.63, 3.8) is 0 Å². The van der Waals surface area contributed by atoms with Crippen LogP contribution in [0.25, 0.3) is 5.69 Å². The monoisotopic (exact) mass is 736 g/mol. The largest absolute Gasteiger partial charge is 0.444 e. The van der Waals surface area contributed by atoms with Gasteiger partial charge in [0, 0.05) is 63.6 Å². The minimum Gasteiger partial charge on any atom is -0.444 e. The summed E-state index contributed by atoms with van der Waals surface area (Å²) in [5, 5.41) is 8.31. The first-order valence-corrected chi connectivity index (χ1v) is 18.5. The van der Waals surface area contributed by atoms with E-state index in [1.165, 1.54) is 10.1 Å². The minimum atomic E-state index is -1.38. The summed E-state index contributed by atoms with van der Waals surface area (Å²) in [7, 11) is 0. The molecule has 15 heteroatoms. The number of urea groups is 1. The zero-order valence-corrected chi connectivity index (χ0v) is 32.5. The van der Waals surface area contributed by atoms with Crippen molar-refractivity contribution in [1.29, 1.82) is 0 Å². The summed E-state index contributed by atoms with van der Waals surface area (Å²) in [6.45, 7) is 20.1. The molecule has 1 saturated carbocycles. The van der Waals surface area contributed by atoms with Gasteiger partial charge in [0.1, 0.15) is 11.4 Å². The van der Waals surface area contributed by atoms with Crippen molar-refractivity contribution in [2.45, 2.75) is 91.5 Å². The van der Waals surface area contributed by atoms with E-state index in [0.29, 0.717) is 36.0 Å². The number of piperazine rings is 1. The summed E-state index contributed by atoms with van der Waals surface area (Å²) < 4.78 is 12.2. The van der Waals surface area contributed by atoms with Gasteiger partial charge >= 0.3 is 23.9 Å². The molecule has 0 radical (unpaired) electrons. The van der Waals surface area contributed by atoms with E-state index in [9.17, 15) is 24.0 Å². The van der Waals surface area contributed by atoms with Gasteiger partial charge in [-0.1, -0.05) is 12.1 Å². The zero-order chi connectivity index (χ0) is 38.9. The molecule has 1 aliphatic carbocycles. The number of aromatic nitrogens is 2. The second kappa shape index (κ2) is 15.4. The van der Waals surface area contributed by atoms with Crippen LogP contribution in [0.5, 0.6) is 0 Å². The van der Waals surface area contributed by atoms with Gasteiger partial charge in [0.15, 0.2) is 5.60 Å². The van der Waals surface area contributed by atoms with E-state index in [-0.39, 0.29) is 44.0 Å². The van der Waals surface area contributed by atoms with Crippen LogP contribution in [0, 0.1) is 17.8 Å². The molecule has 290 valence electrons. The minimum absolute atomic E-state index is 0.131. The first-order valence-electron chi connectivity index (χ1n) is 18.5. The predicted molar refractivity (Wildman–Crippen MR) is 200 cm³/mol. The number of hydrogen-bond donors (Lipinski definition) is 3. The van der Waals surface area contributed by atoms with Crippen molar-refractivity contribution in [3.8, 4) is 5.69 Å². The molecule has 3 aliphatic rings. The second-order valence-corrected chi connectivity index (χ2v) is 17.0. The van der Waals surface area contributed by atoms with Crippen molar-refractivity contribution in [2.75, 3.05) is 51.1 Å². The molecule has 3 atom stereocenters. The first-order chi connectivity index (χ1) is 24.7. The number of likely N-dealkylation sites (tertiary alicyclic amines) is 1. The fraction of sp³-hybridized carbons (Fsp3) is 0.632. The molecule has 1 aromatic heterocycles. The van der Waals surface area contributed by atoms with Crippen molar-refractivity contribution < 1.29 is 28.7 Å². The van der Waals surface area contributed by atoms with Crippen LogP contribution >= 0.6 is 0 Å². The van der Waals surface area contributed by atoms with Gasteiger partial charge in [-0.2, -0.15) is 4.98 Å². The van der Waals surface area contributed by atoms with Crippen LogP contribution in [-0.4, -0.2) is 117 Å². The van der Waals surface area contributed by atoms with Gasteiger partial charge in [-0.15, -0.1) is 0 Å². The number of rotatable bonds is 9. The number of nitrogens with zero attached hydrogens (tertiary/aromatic N) is 5.